The Morgan fingerprint density at radius 1 is 0.333 bits per heavy atom. The zero-order valence-corrected chi connectivity index (χ0v) is 65.4. The minimum absolute atomic E-state index is 0.00892. The van der Waals surface area contributed by atoms with Crippen LogP contribution < -0.4 is 36.0 Å². The van der Waals surface area contributed by atoms with E-state index in [1.165, 1.54) is 171 Å². The number of anilines is 10. The highest BCUT2D eigenvalue weighted by molar-refractivity contribution is 7.00. The number of benzene rings is 8. The minimum atomic E-state index is -0.0847. The van der Waals surface area contributed by atoms with Crippen molar-refractivity contribution in [2.45, 2.75) is 232 Å². The van der Waals surface area contributed by atoms with Crippen molar-refractivity contribution in [2.24, 2.45) is 23.7 Å². The molecule has 8 aromatic rings. The molecule has 0 saturated carbocycles. The standard InChI is InChI=1S/C100H115BN4/c1-97(2,3)74-44-52-78(53-45-74)102(79-54-46-75(47-55-79)98(4,5)6)82-60-62-88-90(66-82)104(95-84(69-32-20-14-21-33-69)40-28-41-85(95)70-34-22-15-23-35-70)92-64-73(68-30-18-13-19-31-68)65-93-94(92)101(88)89-63-61-83(103(80-56-48-76(49-57-80)99(7,8)9)81-58-50-77(51-59-81)100(10,11)12)67-91(89)105(93)96-86(71-36-24-16-25-37-71)42-29-43-87(96)72-38-26-17-27-39-72/h13-14,16,18-20,24,30-31,34,38,40,42,44-67,69,71,85,87,95-96H,15,17,21-23,25-29,32-33,35-37,39,41,43H2,1-12H3. The van der Waals surface area contributed by atoms with Crippen LogP contribution in [0.25, 0.3) is 11.1 Å². The summed E-state index contributed by atoms with van der Waals surface area (Å²) in [6.45, 7) is 28.0. The lowest BCUT2D eigenvalue weighted by Crippen LogP contribution is -2.65. The summed E-state index contributed by atoms with van der Waals surface area (Å²) in [5.41, 5.74) is 31.5. The Morgan fingerprint density at radius 3 is 1.04 bits per heavy atom. The average molecular weight is 1380 g/mol. The van der Waals surface area contributed by atoms with Crippen molar-refractivity contribution >= 4 is 80.0 Å². The van der Waals surface area contributed by atoms with Gasteiger partial charge in [-0.15, -0.1) is 0 Å². The van der Waals surface area contributed by atoms with Gasteiger partial charge < -0.3 is 19.6 Å². The second-order valence-corrected chi connectivity index (χ2v) is 36.5. The summed E-state index contributed by atoms with van der Waals surface area (Å²) in [7, 11) is 0. The Labute approximate surface area is 631 Å². The van der Waals surface area contributed by atoms with E-state index in [4.69, 9.17) is 0 Å². The lowest BCUT2D eigenvalue weighted by Gasteiger charge is -2.53. The first-order valence-corrected chi connectivity index (χ1v) is 40.8. The second kappa shape index (κ2) is 28.6. The largest absolute Gasteiger partial charge is 0.334 e. The molecule has 4 nitrogen and oxygen atoms in total. The molecule has 105 heavy (non-hydrogen) atoms. The van der Waals surface area contributed by atoms with Gasteiger partial charge in [-0.1, -0.05) is 234 Å². The summed E-state index contributed by atoms with van der Waals surface area (Å²) in [5.74, 6) is 1.63. The van der Waals surface area contributed by atoms with Crippen molar-refractivity contribution in [3.63, 3.8) is 0 Å². The van der Waals surface area contributed by atoms with Crippen molar-refractivity contribution in [1.29, 1.82) is 0 Å². The second-order valence-electron chi connectivity index (χ2n) is 36.5. The monoisotopic (exact) mass is 1380 g/mol. The van der Waals surface area contributed by atoms with Gasteiger partial charge in [0.15, 0.2) is 0 Å². The van der Waals surface area contributed by atoms with E-state index in [1.54, 1.807) is 22.3 Å². The molecule has 0 fully saturated rings. The normalized spacial score (nSPS) is 21.9. The van der Waals surface area contributed by atoms with E-state index in [0.717, 1.165) is 51.4 Å². The zero-order valence-electron chi connectivity index (χ0n) is 65.4. The third-order valence-electron chi connectivity index (χ3n) is 25.5. The first-order chi connectivity index (χ1) is 50.6. The maximum absolute atomic E-state index is 3.06. The van der Waals surface area contributed by atoms with Crippen LogP contribution in [0.1, 0.15) is 221 Å². The summed E-state index contributed by atoms with van der Waals surface area (Å²) in [5, 5.41) is 0. The number of rotatable bonds is 13. The molecule has 6 atom stereocenters. The number of fused-ring (bicyclic) bond motifs is 4. The minimum Gasteiger partial charge on any atom is -0.334 e. The molecule has 16 rings (SSSR count). The van der Waals surface area contributed by atoms with Crippen molar-refractivity contribution in [3.8, 4) is 11.1 Å². The first-order valence-electron chi connectivity index (χ1n) is 40.8. The molecule has 538 valence electrons. The Hall–Kier alpha value is -8.54. The molecule has 8 aliphatic rings. The molecular weight excluding hydrogens is 1270 g/mol. The highest BCUT2D eigenvalue weighted by atomic mass is 15.2. The maximum Gasteiger partial charge on any atom is 0.252 e. The lowest BCUT2D eigenvalue weighted by atomic mass is 9.33. The maximum atomic E-state index is 3.06. The molecule has 0 saturated heterocycles. The van der Waals surface area contributed by atoms with Gasteiger partial charge in [-0.05, 0) is 295 Å². The molecule has 0 aromatic heterocycles. The summed E-state index contributed by atoms with van der Waals surface area (Å²) >= 11 is 0. The lowest BCUT2D eigenvalue weighted by molar-refractivity contribution is 0.391. The van der Waals surface area contributed by atoms with Crippen LogP contribution >= 0.6 is 0 Å². The molecule has 0 bridgehead atoms. The van der Waals surface area contributed by atoms with Gasteiger partial charge in [0, 0.05) is 68.7 Å². The van der Waals surface area contributed by atoms with Crippen LogP contribution in [-0.4, -0.2) is 18.8 Å². The molecule has 6 unspecified atom stereocenters. The van der Waals surface area contributed by atoms with Crippen LogP contribution in [0.3, 0.4) is 0 Å². The van der Waals surface area contributed by atoms with Crippen molar-refractivity contribution in [3.05, 3.63) is 269 Å². The van der Waals surface area contributed by atoms with Crippen molar-refractivity contribution in [2.75, 3.05) is 19.6 Å². The Morgan fingerprint density at radius 2 is 0.705 bits per heavy atom. The van der Waals surface area contributed by atoms with Gasteiger partial charge in [-0.2, -0.15) is 0 Å². The number of nitrogens with zero attached hydrogens (tertiary/aromatic N) is 4. The number of hydrogen-bond acceptors (Lipinski definition) is 4. The Kier molecular flexibility index (Phi) is 19.3. The van der Waals surface area contributed by atoms with Crippen LogP contribution in [0.2, 0.25) is 0 Å². The molecular formula is C100H115BN4. The van der Waals surface area contributed by atoms with Crippen molar-refractivity contribution < 1.29 is 0 Å². The first kappa shape index (κ1) is 70.8. The summed E-state index contributed by atoms with van der Waals surface area (Å²) < 4.78 is 0. The number of allylic oxidation sites excluding steroid dienone is 8. The third-order valence-corrected chi connectivity index (χ3v) is 25.5. The zero-order chi connectivity index (χ0) is 72.5. The van der Waals surface area contributed by atoms with Crippen LogP contribution in [0.15, 0.2) is 247 Å². The predicted molar refractivity (Wildman–Crippen MR) is 453 cm³/mol. The van der Waals surface area contributed by atoms with E-state index >= 15 is 0 Å². The summed E-state index contributed by atoms with van der Waals surface area (Å²) in [6, 6.07) is 71.2. The van der Waals surface area contributed by atoms with Crippen LogP contribution in [0.5, 0.6) is 0 Å². The highest BCUT2D eigenvalue weighted by Gasteiger charge is 2.51. The van der Waals surface area contributed by atoms with Crippen LogP contribution in [0, 0.1) is 23.7 Å². The molecule has 0 amide bonds. The van der Waals surface area contributed by atoms with Gasteiger partial charge in [0.25, 0.3) is 6.71 Å². The van der Waals surface area contributed by atoms with E-state index in [1.807, 2.05) is 0 Å². The smallest absolute Gasteiger partial charge is 0.252 e. The highest BCUT2D eigenvalue weighted by Crippen LogP contribution is 2.55. The Balaban J connectivity index is 1.02. The molecule has 8 aromatic carbocycles. The predicted octanol–water partition coefficient (Wildman–Crippen LogP) is 26.0. The number of hydrogen-bond donors (Lipinski definition) is 0. The Bertz CT molecular complexity index is 4290. The summed E-state index contributed by atoms with van der Waals surface area (Å²) in [6.07, 6.45) is 42.1. The fourth-order valence-electron chi connectivity index (χ4n) is 19.8. The van der Waals surface area contributed by atoms with Gasteiger partial charge in [-0.3, -0.25) is 0 Å². The van der Waals surface area contributed by atoms with Crippen molar-refractivity contribution in [1.82, 2.24) is 0 Å². The summed E-state index contributed by atoms with van der Waals surface area (Å²) in [4.78, 5) is 11.3. The van der Waals surface area contributed by atoms with Gasteiger partial charge in [0.05, 0.1) is 12.1 Å². The van der Waals surface area contributed by atoms with E-state index in [-0.39, 0.29) is 40.5 Å². The average Bonchev–Trinajstić information content (AvgIpc) is 0.687. The third kappa shape index (κ3) is 13.8. The fourth-order valence-corrected chi connectivity index (χ4v) is 19.8. The topological polar surface area (TPSA) is 13.0 Å². The van der Waals surface area contributed by atoms with Gasteiger partial charge >= 0.3 is 0 Å². The fraction of sp³-hybridized carbons (Fsp3) is 0.400. The van der Waals surface area contributed by atoms with Crippen LogP contribution in [0.4, 0.5) is 56.9 Å². The molecule has 6 aliphatic carbocycles. The van der Waals surface area contributed by atoms with Gasteiger partial charge in [0.2, 0.25) is 0 Å². The molecule has 0 spiro atoms. The van der Waals surface area contributed by atoms with E-state index < -0.39 is 0 Å². The molecule has 2 aliphatic heterocycles. The van der Waals surface area contributed by atoms with Gasteiger partial charge in [0.1, 0.15) is 0 Å². The molecule has 0 N–H and O–H groups in total. The van der Waals surface area contributed by atoms with E-state index in [0.29, 0.717) is 23.7 Å². The SMILES string of the molecule is CC(C)(C)c1ccc(N(c2ccc(C(C)(C)C)cc2)c2ccc3c(c2)N(C2C(C4CC=CCC4)=CCCC2C2=CCCCC2)c2cc(-c4ccccc4)cc4c2B3c2ccc(N(c3ccc(C(C)(C)C)cc3)c3ccc(C(C)(C)C)cc3)cc2N4C2C(C3CC=CCC3)=CCCC2C2=CCCCC2)cc1. The molecule has 5 heteroatoms. The quantitative estimate of drug-likeness (QED) is 0.0842. The van der Waals surface area contributed by atoms with Gasteiger partial charge in [-0.25, -0.2) is 0 Å². The molecule has 0 radical (unpaired) electrons. The van der Waals surface area contributed by atoms with E-state index in [2.05, 4.69) is 327 Å². The molecule has 2 heterocycles. The van der Waals surface area contributed by atoms with E-state index in [9.17, 15) is 0 Å². The van der Waals surface area contributed by atoms with Crippen LogP contribution in [-0.2, 0) is 21.7 Å².